The van der Waals surface area contributed by atoms with Crippen LogP contribution < -0.4 is 16.9 Å². The van der Waals surface area contributed by atoms with Gasteiger partial charge in [-0.3, -0.25) is 0 Å². The second kappa shape index (κ2) is 3.92. The first-order chi connectivity index (χ1) is 6.50. The predicted octanol–water partition coefficient (Wildman–Crippen LogP) is -0.177. The van der Waals surface area contributed by atoms with Gasteiger partial charge in [-0.2, -0.15) is 10.1 Å². The van der Waals surface area contributed by atoms with E-state index in [1.807, 2.05) is 5.43 Å². The molecule has 76 valence electrons. The smallest absolute Gasteiger partial charge is 0.332 e. The van der Waals surface area contributed by atoms with Gasteiger partial charge in [0, 0.05) is 0 Å². The fourth-order valence-corrected chi connectivity index (χ4v) is 1.43. The molecule has 1 aromatic heterocycles. The van der Waals surface area contributed by atoms with E-state index < -0.39 is 6.03 Å². The van der Waals surface area contributed by atoms with Gasteiger partial charge >= 0.3 is 6.03 Å². The molecule has 7 nitrogen and oxygen atoms in total. The average Bonchev–Trinajstić information content (AvgIpc) is 2.41. The Morgan fingerprint density at radius 3 is 2.79 bits per heavy atom. The summed E-state index contributed by atoms with van der Waals surface area (Å²) in [6.07, 6.45) is 0. The molecule has 0 saturated carbocycles. The van der Waals surface area contributed by atoms with Crippen LogP contribution in [0.25, 0.3) is 0 Å². The van der Waals surface area contributed by atoms with E-state index in [2.05, 4.69) is 10.1 Å². The first-order valence-electron chi connectivity index (χ1n) is 3.56. The number of carbonyl (C=O) groups is 1. The van der Waals surface area contributed by atoms with Gasteiger partial charge in [0.1, 0.15) is 4.88 Å². The molecule has 1 aromatic rings. The monoisotopic (exact) mass is 215 g/mol. The van der Waals surface area contributed by atoms with Crippen molar-refractivity contribution in [2.24, 2.45) is 10.8 Å². The van der Waals surface area contributed by atoms with E-state index in [0.717, 1.165) is 11.3 Å². The van der Waals surface area contributed by atoms with Crippen LogP contribution in [0.5, 0.6) is 5.88 Å². The minimum atomic E-state index is -0.777. The molecule has 0 aliphatic carbocycles. The first kappa shape index (κ1) is 10.3. The number of hydrogen-bond donors (Lipinski definition) is 4. The second-order valence-electron chi connectivity index (χ2n) is 2.38. The van der Waals surface area contributed by atoms with Crippen LogP contribution in [0.4, 0.5) is 9.93 Å². The Labute approximate surface area is 83.4 Å². The third-order valence-electron chi connectivity index (χ3n) is 1.29. The second-order valence-corrected chi connectivity index (χ2v) is 3.41. The number of primary amides is 1. The predicted molar refractivity (Wildman–Crippen MR) is 53.1 cm³/mol. The van der Waals surface area contributed by atoms with E-state index in [0.29, 0.717) is 10.6 Å². The van der Waals surface area contributed by atoms with Gasteiger partial charge in [-0.05, 0) is 6.92 Å². The van der Waals surface area contributed by atoms with Crippen LogP contribution in [0.3, 0.4) is 0 Å². The van der Waals surface area contributed by atoms with Crippen molar-refractivity contribution in [3.63, 3.8) is 0 Å². The Kier molecular flexibility index (Phi) is 2.87. The number of rotatable bonds is 2. The molecule has 0 unspecified atom stereocenters. The van der Waals surface area contributed by atoms with E-state index in [-0.39, 0.29) is 11.0 Å². The molecule has 0 aliphatic heterocycles. The number of aromatic nitrogens is 1. The van der Waals surface area contributed by atoms with E-state index in [1.54, 1.807) is 6.92 Å². The number of urea groups is 1. The average molecular weight is 215 g/mol. The molecule has 6 N–H and O–H groups in total. The molecule has 0 atom stereocenters. The molecular formula is C6H9N5O2S. The van der Waals surface area contributed by atoms with Gasteiger partial charge in [-0.15, -0.1) is 0 Å². The number of hydrazone groups is 1. The number of carbonyl (C=O) groups excluding carboxylic acids is 1. The van der Waals surface area contributed by atoms with Gasteiger partial charge in [-0.25, -0.2) is 10.2 Å². The van der Waals surface area contributed by atoms with Crippen molar-refractivity contribution >= 4 is 28.2 Å². The number of hydrogen-bond acceptors (Lipinski definition) is 6. The van der Waals surface area contributed by atoms with E-state index in [4.69, 9.17) is 11.5 Å². The zero-order valence-corrected chi connectivity index (χ0v) is 8.13. The lowest BCUT2D eigenvalue weighted by Crippen LogP contribution is -2.25. The third-order valence-corrected chi connectivity index (χ3v) is 2.27. The molecule has 0 fully saturated rings. The number of nitrogens with two attached hydrogens (primary N) is 2. The molecular weight excluding hydrogens is 206 g/mol. The summed E-state index contributed by atoms with van der Waals surface area (Å²) in [5.74, 6) is -0.208. The van der Waals surface area contributed by atoms with Gasteiger partial charge in [0.25, 0.3) is 0 Å². The largest absolute Gasteiger partial charge is 0.492 e. The molecule has 0 saturated heterocycles. The lowest BCUT2D eigenvalue weighted by Gasteiger charge is -1.96. The summed E-state index contributed by atoms with van der Waals surface area (Å²) in [5, 5.41) is 13.1. The number of nitrogens with zero attached hydrogens (tertiary/aromatic N) is 2. The molecule has 1 rings (SSSR count). The standard InChI is InChI=1S/C6H9N5O2S/c1-2(10-11-5(7)13)3-4(12)9-6(8)14-3/h12H,1H3,(H2,8,9)(H3,7,11,13)/b10-2+. The topological polar surface area (TPSA) is 127 Å². The molecule has 0 bridgehead atoms. The molecule has 0 radical (unpaired) electrons. The number of aromatic hydroxyl groups is 1. The summed E-state index contributed by atoms with van der Waals surface area (Å²) in [4.78, 5) is 14.3. The number of nitrogens with one attached hydrogen (secondary N) is 1. The fourth-order valence-electron chi connectivity index (χ4n) is 0.754. The third kappa shape index (κ3) is 2.33. The minimum absolute atomic E-state index is 0.208. The number of thiazole rings is 1. The maximum Gasteiger partial charge on any atom is 0.332 e. The number of amides is 2. The van der Waals surface area contributed by atoms with Crippen LogP contribution in [0.2, 0.25) is 0 Å². The van der Waals surface area contributed by atoms with Crippen molar-refractivity contribution < 1.29 is 9.90 Å². The zero-order chi connectivity index (χ0) is 10.7. The zero-order valence-electron chi connectivity index (χ0n) is 7.31. The minimum Gasteiger partial charge on any atom is -0.492 e. The highest BCUT2D eigenvalue weighted by atomic mass is 32.1. The summed E-state index contributed by atoms with van der Waals surface area (Å²) in [7, 11) is 0. The van der Waals surface area contributed by atoms with Gasteiger partial charge < -0.3 is 16.6 Å². The van der Waals surface area contributed by atoms with Crippen LogP contribution in [0, 0.1) is 0 Å². The Morgan fingerprint density at radius 2 is 2.36 bits per heavy atom. The Hall–Kier alpha value is -1.83. The fraction of sp³-hybridized carbons (Fsp3) is 0.167. The molecule has 0 aliphatic rings. The number of anilines is 1. The van der Waals surface area contributed by atoms with Gasteiger partial charge in [-0.1, -0.05) is 11.3 Å². The van der Waals surface area contributed by atoms with Crippen LogP contribution in [-0.4, -0.2) is 21.8 Å². The van der Waals surface area contributed by atoms with E-state index in [1.165, 1.54) is 0 Å². The molecule has 0 spiro atoms. The highest BCUT2D eigenvalue weighted by Gasteiger charge is 2.11. The van der Waals surface area contributed by atoms with Crippen LogP contribution in [0.1, 0.15) is 11.8 Å². The van der Waals surface area contributed by atoms with Crippen molar-refractivity contribution in [1.29, 1.82) is 0 Å². The van der Waals surface area contributed by atoms with Gasteiger partial charge in [0.15, 0.2) is 5.13 Å². The summed E-state index contributed by atoms with van der Waals surface area (Å²) in [6, 6.07) is -0.777. The van der Waals surface area contributed by atoms with Crippen LogP contribution in [0.15, 0.2) is 5.10 Å². The molecule has 0 aromatic carbocycles. The Morgan fingerprint density at radius 1 is 1.71 bits per heavy atom. The van der Waals surface area contributed by atoms with Crippen LogP contribution in [-0.2, 0) is 0 Å². The van der Waals surface area contributed by atoms with E-state index >= 15 is 0 Å². The summed E-state index contributed by atoms with van der Waals surface area (Å²) < 4.78 is 0. The molecule has 14 heavy (non-hydrogen) atoms. The summed E-state index contributed by atoms with van der Waals surface area (Å²) >= 11 is 1.07. The molecule has 1 heterocycles. The van der Waals surface area contributed by atoms with Crippen molar-refractivity contribution in [3.05, 3.63) is 4.88 Å². The lowest BCUT2D eigenvalue weighted by molar-refractivity contribution is 0.249. The molecule has 8 heteroatoms. The highest BCUT2D eigenvalue weighted by molar-refractivity contribution is 7.17. The summed E-state index contributed by atoms with van der Waals surface area (Å²) in [5.41, 5.74) is 12.6. The van der Waals surface area contributed by atoms with Gasteiger partial charge in [0.05, 0.1) is 5.71 Å². The first-order valence-corrected chi connectivity index (χ1v) is 4.37. The summed E-state index contributed by atoms with van der Waals surface area (Å²) in [6.45, 7) is 1.59. The van der Waals surface area contributed by atoms with Crippen LogP contribution >= 0.6 is 11.3 Å². The lowest BCUT2D eigenvalue weighted by atomic mass is 10.4. The Balaban J connectivity index is 2.88. The maximum absolute atomic E-state index is 10.3. The normalized spacial score (nSPS) is 11.4. The quantitative estimate of drug-likeness (QED) is 0.403. The van der Waals surface area contributed by atoms with E-state index in [9.17, 15) is 9.90 Å². The van der Waals surface area contributed by atoms with Crippen molar-refractivity contribution in [3.8, 4) is 5.88 Å². The highest BCUT2D eigenvalue weighted by Crippen LogP contribution is 2.25. The SMILES string of the molecule is C/C(=N\NC(N)=O)c1sc(N)nc1O. The molecule has 2 amide bonds. The van der Waals surface area contributed by atoms with Crippen molar-refractivity contribution in [1.82, 2.24) is 10.4 Å². The maximum atomic E-state index is 10.3. The van der Waals surface area contributed by atoms with Crippen molar-refractivity contribution in [2.75, 3.05) is 5.73 Å². The number of nitrogen functional groups attached to an aromatic ring is 1. The van der Waals surface area contributed by atoms with Gasteiger partial charge in [0.2, 0.25) is 5.88 Å². The van der Waals surface area contributed by atoms with Crippen molar-refractivity contribution in [2.45, 2.75) is 6.92 Å². The Bertz CT molecular complexity index is 386.